The first-order valence-electron chi connectivity index (χ1n) is 14.2. The largest absolute Gasteiger partial charge is 0.472 e. The Kier molecular flexibility index (Phi) is 7.38. The number of hydrogen-bond acceptors (Lipinski definition) is 17. The van der Waals surface area contributed by atoms with Crippen LogP contribution < -0.4 is 17.0 Å². The van der Waals surface area contributed by atoms with Crippen LogP contribution in [0.3, 0.4) is 0 Å². The van der Waals surface area contributed by atoms with Crippen molar-refractivity contribution in [3.05, 3.63) is 29.3 Å². The standard InChI is InChI=1S/C23H28N10O10P2S2/c1-39-14-9-3-40-45(38,46)43-16-13(34)12(32-6-28-10-17(24)26-5-27-18(10)32)8-2-23(8,16)4-41-44(36,37)42-15(14)21(47-9)33-7-29-11-19(33)30-22(25)31-20(11)35/h5-9,12-16,21,34H,2-4H2,1H3,(H,36,37)(H,38,46)(H2,24,26,27)(H3,25,30,31,35)/t8-,9-,12-,13+,14-,15-,16+,21-,23+,45?/m1/s1. The molecule has 252 valence electrons. The first-order chi connectivity index (χ1) is 22.3. The molecular formula is C23H28N10O10P2S2. The van der Waals surface area contributed by atoms with Gasteiger partial charge in [-0.1, -0.05) is 0 Å². The number of aliphatic hydroxyl groups excluding tert-OH is 1. The average Bonchev–Trinajstić information content (AvgIpc) is 3.30. The molecule has 2 saturated heterocycles. The Hall–Kier alpha value is -2.59. The number of aliphatic hydroxyl groups is 1. The molecule has 2 unspecified atom stereocenters. The summed E-state index contributed by atoms with van der Waals surface area (Å²) in [5.74, 6) is -0.384. The molecule has 2 saturated carbocycles. The van der Waals surface area contributed by atoms with Gasteiger partial charge in [0.25, 0.3) is 5.56 Å². The number of nitrogens with one attached hydrogen (secondary N) is 1. The van der Waals surface area contributed by atoms with Crippen LogP contribution in [0.25, 0.3) is 22.3 Å². The summed E-state index contributed by atoms with van der Waals surface area (Å²) in [6, 6.07) is -0.698. The number of nitrogens with zero attached hydrogens (tertiary/aromatic N) is 7. The molecule has 2 bridgehead atoms. The summed E-state index contributed by atoms with van der Waals surface area (Å²) < 4.78 is 45.8. The fourth-order valence-electron chi connectivity index (χ4n) is 7.08. The van der Waals surface area contributed by atoms with Crippen LogP contribution in [0.5, 0.6) is 0 Å². The molecule has 4 aromatic rings. The zero-order chi connectivity index (χ0) is 33.0. The van der Waals surface area contributed by atoms with E-state index in [4.69, 9.17) is 46.1 Å². The van der Waals surface area contributed by atoms with Crippen LogP contribution in [0.4, 0.5) is 11.8 Å². The van der Waals surface area contributed by atoms with Crippen molar-refractivity contribution >= 4 is 72.2 Å². The number of thioether (sulfide) groups is 1. The second-order valence-corrected chi connectivity index (χ2v) is 17.3. The highest BCUT2D eigenvalue weighted by Gasteiger charge is 2.74. The molecule has 1 spiro atoms. The van der Waals surface area contributed by atoms with Crippen LogP contribution in [0.15, 0.2) is 23.8 Å². The van der Waals surface area contributed by atoms with Gasteiger partial charge >= 0.3 is 14.5 Å². The first kappa shape index (κ1) is 31.7. The molecule has 0 radical (unpaired) electrons. The maximum Gasteiger partial charge on any atom is 0.472 e. The zero-order valence-electron chi connectivity index (χ0n) is 24.2. The third-order valence-electron chi connectivity index (χ3n) is 9.21. The smallest absolute Gasteiger partial charge is 0.388 e. The molecule has 6 heterocycles. The number of methoxy groups -OCH3 is 1. The molecular weight excluding hydrogens is 702 g/mol. The lowest BCUT2D eigenvalue weighted by Gasteiger charge is -2.31. The average molecular weight is 731 g/mol. The highest BCUT2D eigenvalue weighted by Crippen LogP contribution is 2.72. The molecule has 4 aromatic heterocycles. The number of fused-ring (bicyclic) bond motifs is 4. The number of H-pyrrole nitrogens is 1. The summed E-state index contributed by atoms with van der Waals surface area (Å²) in [6.07, 6.45) is -0.0959. The van der Waals surface area contributed by atoms with Crippen LogP contribution >= 0.6 is 26.3 Å². The molecule has 24 heteroatoms. The number of nitrogens with two attached hydrogens (primary N) is 2. The van der Waals surface area contributed by atoms with E-state index in [-0.39, 0.29) is 35.5 Å². The van der Waals surface area contributed by atoms with E-state index in [0.717, 1.165) is 0 Å². The van der Waals surface area contributed by atoms with Crippen molar-refractivity contribution in [1.29, 1.82) is 0 Å². The van der Waals surface area contributed by atoms with E-state index in [9.17, 15) is 24.3 Å². The number of hydrogen-bond donors (Lipinski definition) is 6. The topological polar surface area (TPSA) is 283 Å². The summed E-state index contributed by atoms with van der Waals surface area (Å²) in [5.41, 5.74) is 10.9. The van der Waals surface area contributed by atoms with Crippen LogP contribution in [-0.4, -0.2) is 104 Å². The van der Waals surface area contributed by atoms with E-state index >= 15 is 0 Å². The number of rotatable bonds is 3. The number of anilines is 2. The van der Waals surface area contributed by atoms with E-state index in [1.807, 2.05) is 0 Å². The van der Waals surface area contributed by atoms with Crippen molar-refractivity contribution in [3.8, 4) is 0 Å². The minimum absolute atomic E-state index is 0.0107. The quantitative estimate of drug-likeness (QED) is 0.149. The Morgan fingerprint density at radius 1 is 1.13 bits per heavy atom. The van der Waals surface area contributed by atoms with Crippen LogP contribution in [0.2, 0.25) is 0 Å². The number of aromatic amines is 1. The predicted molar refractivity (Wildman–Crippen MR) is 167 cm³/mol. The van der Waals surface area contributed by atoms with E-state index in [1.54, 1.807) is 4.57 Å². The third kappa shape index (κ3) is 5.05. The molecule has 20 nitrogen and oxygen atoms in total. The van der Waals surface area contributed by atoms with Crippen molar-refractivity contribution in [2.45, 2.75) is 47.5 Å². The van der Waals surface area contributed by atoms with E-state index in [0.29, 0.717) is 17.6 Å². The summed E-state index contributed by atoms with van der Waals surface area (Å²) >= 11 is 6.60. The van der Waals surface area contributed by atoms with Gasteiger partial charge in [-0.3, -0.25) is 23.4 Å². The summed E-state index contributed by atoms with van der Waals surface area (Å²) in [6.45, 7) is -4.70. The number of ether oxygens (including phenoxy) is 1. The summed E-state index contributed by atoms with van der Waals surface area (Å²) in [7, 11) is -3.49. The van der Waals surface area contributed by atoms with Crippen molar-refractivity contribution in [3.63, 3.8) is 0 Å². The molecule has 47 heavy (non-hydrogen) atoms. The van der Waals surface area contributed by atoms with Crippen LogP contribution in [0.1, 0.15) is 17.8 Å². The van der Waals surface area contributed by atoms with E-state index in [1.165, 1.54) is 42.4 Å². The molecule has 4 aliphatic rings. The van der Waals surface area contributed by atoms with E-state index in [2.05, 4.69) is 29.9 Å². The molecule has 8 rings (SSSR count). The van der Waals surface area contributed by atoms with E-state index < -0.39 is 73.2 Å². The van der Waals surface area contributed by atoms with Gasteiger partial charge in [0.2, 0.25) is 5.95 Å². The molecule has 0 amide bonds. The minimum Gasteiger partial charge on any atom is -0.388 e. The number of phosphoric acid groups is 1. The van der Waals surface area contributed by atoms with Crippen molar-refractivity contribution in [2.24, 2.45) is 11.3 Å². The number of aromatic nitrogens is 8. The van der Waals surface area contributed by atoms with Gasteiger partial charge in [-0.05, 0) is 24.1 Å². The maximum absolute atomic E-state index is 13.7. The second-order valence-electron chi connectivity index (χ2n) is 11.8. The fraction of sp³-hybridized carbons (Fsp3) is 0.565. The highest BCUT2D eigenvalue weighted by molar-refractivity contribution is 8.07. The highest BCUT2D eigenvalue weighted by atomic mass is 32.5. The number of phosphoric ester groups is 1. The summed E-state index contributed by atoms with van der Waals surface area (Å²) in [4.78, 5) is 58.1. The second kappa shape index (κ2) is 11.0. The fourth-order valence-corrected chi connectivity index (χ4v) is 11.3. The lowest BCUT2D eigenvalue weighted by Crippen LogP contribution is -2.38. The molecule has 8 N–H and O–H groups in total. The van der Waals surface area contributed by atoms with Gasteiger partial charge in [-0.15, -0.1) is 11.8 Å². The monoisotopic (exact) mass is 730 g/mol. The molecule has 0 aromatic carbocycles. The normalized spacial score (nSPS) is 40.4. The lowest BCUT2D eigenvalue weighted by atomic mass is 10.0. The molecule has 2 aliphatic heterocycles. The molecule has 4 fully saturated rings. The van der Waals surface area contributed by atoms with Gasteiger partial charge in [0, 0.05) is 12.5 Å². The van der Waals surface area contributed by atoms with Gasteiger partial charge in [-0.2, -0.15) is 4.98 Å². The Bertz CT molecular complexity index is 2070. The number of imidazole rings is 2. The first-order valence-corrected chi connectivity index (χ1v) is 19.2. The van der Waals surface area contributed by atoms with Gasteiger partial charge in [0.05, 0.1) is 37.2 Å². The van der Waals surface area contributed by atoms with Gasteiger partial charge in [0.15, 0.2) is 22.6 Å². The van der Waals surface area contributed by atoms with Crippen molar-refractivity contribution in [1.82, 2.24) is 39.0 Å². The predicted octanol–water partition coefficient (Wildman–Crippen LogP) is -0.191. The SMILES string of the molecule is CO[C@H]1[C@H]2OP(=O)(O)OC[C@@]34C[C@@H]3[C@@H](n3cnc5c(N)ncnc53)[C@H](O)[C@@H]4OP(O)(=S)OC[C@H]1S[C@H]2n1cnc2c(=O)[nH]c(N)nc21. The molecule has 2 aliphatic carbocycles. The number of nitrogen functional groups attached to an aromatic ring is 2. The van der Waals surface area contributed by atoms with Crippen LogP contribution in [0, 0.1) is 11.3 Å². The molecule has 11 atom stereocenters. The third-order valence-corrected chi connectivity index (χ3v) is 13.2. The van der Waals surface area contributed by atoms with Crippen molar-refractivity contribution < 1.29 is 42.3 Å². The lowest BCUT2D eigenvalue weighted by molar-refractivity contribution is -0.0289. The Balaban J connectivity index is 1.15. The van der Waals surface area contributed by atoms with Gasteiger partial charge < -0.3 is 44.7 Å². The maximum atomic E-state index is 13.7. The Morgan fingerprint density at radius 2 is 1.89 bits per heavy atom. The van der Waals surface area contributed by atoms with Gasteiger partial charge in [-0.25, -0.2) is 24.5 Å². The zero-order valence-corrected chi connectivity index (χ0v) is 27.6. The Morgan fingerprint density at radius 3 is 2.68 bits per heavy atom. The van der Waals surface area contributed by atoms with Crippen molar-refractivity contribution in [2.75, 3.05) is 31.8 Å². The minimum atomic E-state index is -4.86. The Labute approximate surface area is 273 Å². The summed E-state index contributed by atoms with van der Waals surface area (Å²) in [5, 5.41) is 10.1. The van der Waals surface area contributed by atoms with Crippen LogP contribution in [-0.2, 0) is 39.2 Å². The van der Waals surface area contributed by atoms with Gasteiger partial charge in [0.1, 0.15) is 41.6 Å².